The predicted molar refractivity (Wildman–Crippen MR) is 119 cm³/mol. The van der Waals surface area contributed by atoms with Gasteiger partial charge in [-0.25, -0.2) is 4.99 Å². The summed E-state index contributed by atoms with van der Waals surface area (Å²) in [6, 6.07) is 10.8. The van der Waals surface area contributed by atoms with Gasteiger partial charge in [0.05, 0.1) is 5.56 Å². The van der Waals surface area contributed by atoms with Crippen LogP contribution in [0.25, 0.3) is 10.9 Å². The molecule has 4 heteroatoms. The highest BCUT2D eigenvalue weighted by molar-refractivity contribution is 7.16. The van der Waals surface area contributed by atoms with E-state index in [0.717, 1.165) is 35.4 Å². The van der Waals surface area contributed by atoms with Crippen LogP contribution in [-0.4, -0.2) is 10.8 Å². The smallest absolute Gasteiger partial charge is 0.134 e. The van der Waals surface area contributed by atoms with Gasteiger partial charge in [-0.1, -0.05) is 39.0 Å². The van der Waals surface area contributed by atoms with Gasteiger partial charge in [-0.2, -0.15) is 5.26 Å². The van der Waals surface area contributed by atoms with Gasteiger partial charge in [0.25, 0.3) is 0 Å². The Morgan fingerprint density at radius 2 is 2.04 bits per heavy atom. The van der Waals surface area contributed by atoms with Gasteiger partial charge in [-0.05, 0) is 49.1 Å². The lowest BCUT2D eigenvalue weighted by atomic mass is 9.72. The van der Waals surface area contributed by atoms with Crippen LogP contribution in [0.15, 0.2) is 29.3 Å². The Morgan fingerprint density at radius 3 is 2.75 bits per heavy atom. The number of nitriles is 1. The van der Waals surface area contributed by atoms with E-state index in [2.05, 4.69) is 69.6 Å². The molecular weight excluding hydrogens is 362 g/mol. The van der Waals surface area contributed by atoms with Crippen LogP contribution in [0, 0.1) is 29.6 Å². The molecule has 0 amide bonds. The number of hydrogen-bond acceptors (Lipinski definition) is 3. The van der Waals surface area contributed by atoms with Crippen molar-refractivity contribution in [3.63, 3.8) is 0 Å². The molecular formula is C24H27N3S. The Bertz CT molecular complexity index is 1120. The summed E-state index contributed by atoms with van der Waals surface area (Å²) in [6.45, 7) is 9.09. The van der Waals surface area contributed by atoms with Gasteiger partial charge in [0.2, 0.25) is 0 Å². The minimum atomic E-state index is 0.304. The molecule has 1 aliphatic rings. The Kier molecular flexibility index (Phi) is 4.67. The molecule has 0 fully saturated rings. The molecule has 1 aromatic carbocycles. The number of hydrogen-bond donors (Lipinski definition) is 0. The zero-order chi connectivity index (χ0) is 20.1. The monoisotopic (exact) mass is 389 g/mol. The highest BCUT2D eigenvalue weighted by Crippen LogP contribution is 2.45. The number of thiophene rings is 1. The lowest BCUT2D eigenvalue weighted by molar-refractivity contribution is 0.218. The van der Waals surface area contributed by atoms with E-state index in [-0.39, 0.29) is 0 Å². The van der Waals surface area contributed by atoms with Crippen molar-refractivity contribution in [1.82, 2.24) is 4.57 Å². The third-order valence-electron chi connectivity index (χ3n) is 6.34. The van der Waals surface area contributed by atoms with Gasteiger partial charge >= 0.3 is 0 Å². The van der Waals surface area contributed by atoms with Crippen LogP contribution >= 0.6 is 11.3 Å². The van der Waals surface area contributed by atoms with E-state index in [1.54, 1.807) is 11.3 Å². The zero-order valence-electron chi connectivity index (χ0n) is 17.3. The number of para-hydroxylation sites is 1. The summed E-state index contributed by atoms with van der Waals surface area (Å²) in [5, 5.41) is 11.9. The molecule has 0 unspecified atom stereocenters. The molecule has 0 saturated carbocycles. The summed E-state index contributed by atoms with van der Waals surface area (Å²) < 4.78 is 2.20. The number of aryl methyl sites for hydroxylation is 1. The molecule has 1 aliphatic carbocycles. The average Bonchev–Trinajstić information content (AvgIpc) is 3.14. The van der Waals surface area contributed by atoms with Gasteiger partial charge in [0.1, 0.15) is 11.1 Å². The van der Waals surface area contributed by atoms with Gasteiger partial charge < -0.3 is 4.57 Å². The molecule has 0 radical (unpaired) electrons. The standard InChI is InChI=1S/C24H27N3S/c1-15-20(17-8-6-7-9-21(17)27(15)5)14-26-23-19(13-25)18-11-10-16(24(2,3)4)12-22(18)28-23/h6-9,14,16H,10-12H2,1-5H3/t16-/m0/s1. The molecule has 144 valence electrons. The lowest BCUT2D eigenvalue weighted by Gasteiger charge is -2.33. The molecule has 3 aromatic rings. The van der Waals surface area contributed by atoms with Crippen molar-refractivity contribution in [1.29, 1.82) is 5.26 Å². The van der Waals surface area contributed by atoms with Gasteiger partial charge in [0, 0.05) is 40.3 Å². The first-order valence-electron chi connectivity index (χ1n) is 9.94. The first-order chi connectivity index (χ1) is 13.3. The largest absolute Gasteiger partial charge is 0.347 e. The fourth-order valence-electron chi connectivity index (χ4n) is 4.35. The van der Waals surface area contributed by atoms with Crippen LogP contribution in [0.3, 0.4) is 0 Å². The highest BCUT2D eigenvalue weighted by atomic mass is 32.1. The van der Waals surface area contributed by atoms with Crippen molar-refractivity contribution in [2.24, 2.45) is 23.4 Å². The molecule has 1 atom stereocenters. The van der Waals surface area contributed by atoms with Crippen molar-refractivity contribution >= 4 is 33.5 Å². The molecule has 0 aliphatic heterocycles. The second-order valence-corrected chi connectivity index (χ2v) is 10.0. The maximum absolute atomic E-state index is 9.80. The maximum Gasteiger partial charge on any atom is 0.134 e. The quantitative estimate of drug-likeness (QED) is 0.473. The van der Waals surface area contributed by atoms with E-state index in [4.69, 9.17) is 4.99 Å². The van der Waals surface area contributed by atoms with Crippen LogP contribution in [0.1, 0.15) is 54.5 Å². The van der Waals surface area contributed by atoms with Crippen molar-refractivity contribution in [2.75, 3.05) is 0 Å². The molecule has 0 bridgehead atoms. The first kappa shape index (κ1) is 19.0. The molecule has 2 aromatic heterocycles. The summed E-state index contributed by atoms with van der Waals surface area (Å²) >= 11 is 1.72. The van der Waals surface area contributed by atoms with E-state index in [0.29, 0.717) is 11.3 Å². The molecule has 3 nitrogen and oxygen atoms in total. The summed E-state index contributed by atoms with van der Waals surface area (Å²) in [6.07, 6.45) is 5.19. The lowest BCUT2D eigenvalue weighted by Crippen LogP contribution is -2.26. The van der Waals surface area contributed by atoms with Crippen molar-refractivity contribution in [2.45, 2.75) is 47.0 Å². The van der Waals surface area contributed by atoms with E-state index < -0.39 is 0 Å². The number of rotatable bonds is 2. The number of fused-ring (bicyclic) bond motifs is 2. The summed E-state index contributed by atoms with van der Waals surface area (Å²) in [5.74, 6) is 0.669. The summed E-state index contributed by atoms with van der Waals surface area (Å²) in [4.78, 5) is 6.19. The van der Waals surface area contributed by atoms with Gasteiger partial charge in [-0.3, -0.25) is 0 Å². The van der Waals surface area contributed by atoms with E-state index in [1.165, 1.54) is 27.0 Å². The van der Waals surface area contributed by atoms with Crippen LogP contribution in [-0.2, 0) is 19.9 Å². The topological polar surface area (TPSA) is 41.1 Å². The highest BCUT2D eigenvalue weighted by Gasteiger charge is 2.32. The van der Waals surface area contributed by atoms with E-state index >= 15 is 0 Å². The molecule has 2 heterocycles. The minimum Gasteiger partial charge on any atom is -0.347 e. The Balaban J connectivity index is 1.74. The zero-order valence-corrected chi connectivity index (χ0v) is 18.2. The maximum atomic E-state index is 9.80. The van der Waals surface area contributed by atoms with Crippen molar-refractivity contribution in [3.8, 4) is 6.07 Å². The fourth-order valence-corrected chi connectivity index (χ4v) is 5.57. The number of benzene rings is 1. The van der Waals surface area contributed by atoms with Crippen LogP contribution in [0.5, 0.6) is 0 Å². The predicted octanol–water partition coefficient (Wildman–Crippen LogP) is 6.32. The average molecular weight is 390 g/mol. The summed E-state index contributed by atoms with van der Waals surface area (Å²) in [7, 11) is 2.09. The number of nitrogens with zero attached hydrogens (tertiary/aromatic N) is 3. The van der Waals surface area contributed by atoms with Crippen LogP contribution in [0.2, 0.25) is 0 Å². The number of aromatic nitrogens is 1. The normalized spacial score (nSPS) is 17.2. The molecule has 28 heavy (non-hydrogen) atoms. The van der Waals surface area contributed by atoms with E-state index in [1.807, 2.05) is 6.21 Å². The van der Waals surface area contributed by atoms with Crippen LogP contribution < -0.4 is 0 Å². The molecule has 0 saturated heterocycles. The van der Waals surface area contributed by atoms with Crippen molar-refractivity contribution in [3.05, 3.63) is 51.5 Å². The van der Waals surface area contributed by atoms with Crippen LogP contribution in [0.4, 0.5) is 5.00 Å². The third-order valence-corrected chi connectivity index (χ3v) is 7.50. The number of aliphatic imine (C=N–C) groups is 1. The van der Waals surface area contributed by atoms with E-state index in [9.17, 15) is 5.26 Å². The van der Waals surface area contributed by atoms with Crippen molar-refractivity contribution < 1.29 is 0 Å². The molecule has 0 N–H and O–H groups in total. The molecule has 4 rings (SSSR count). The fraction of sp³-hybridized carbons (Fsp3) is 0.417. The first-order valence-corrected chi connectivity index (χ1v) is 10.8. The molecule has 0 spiro atoms. The van der Waals surface area contributed by atoms with Gasteiger partial charge in [0.15, 0.2) is 0 Å². The second-order valence-electron chi connectivity index (χ2n) is 8.93. The summed E-state index contributed by atoms with van der Waals surface area (Å²) in [5.41, 5.74) is 5.88. The SMILES string of the molecule is Cc1c(C=Nc2sc3c(c2C#N)CC[C@H](C(C)(C)C)C3)c2ccccc2n1C. The van der Waals surface area contributed by atoms with Gasteiger partial charge in [-0.15, -0.1) is 11.3 Å². The second kappa shape index (κ2) is 6.90. The Hall–Kier alpha value is -2.38. The minimum absolute atomic E-state index is 0.304. The Morgan fingerprint density at radius 1 is 1.29 bits per heavy atom. The third kappa shape index (κ3) is 3.08. The Labute approximate surface area is 171 Å².